The predicted molar refractivity (Wildman–Crippen MR) is 79.6 cm³/mol. The summed E-state index contributed by atoms with van der Waals surface area (Å²) in [5, 5.41) is 0. The maximum absolute atomic E-state index is 7.96. The molecule has 106 valence electrons. The predicted octanol–water partition coefficient (Wildman–Crippen LogP) is 3.22. The monoisotopic (exact) mass is 282 g/mol. The Morgan fingerprint density at radius 1 is 1.42 bits per heavy atom. The van der Waals surface area contributed by atoms with Crippen LogP contribution in [0.4, 0.5) is 0 Å². The Morgan fingerprint density at radius 2 is 2.32 bits per heavy atom. The van der Waals surface area contributed by atoms with E-state index in [0.29, 0.717) is 5.88 Å². The molecule has 2 heterocycles. The van der Waals surface area contributed by atoms with Gasteiger partial charge in [-0.05, 0) is 25.5 Å². The van der Waals surface area contributed by atoms with Crippen LogP contribution in [0.5, 0.6) is 5.88 Å². The van der Waals surface area contributed by atoms with Crippen LogP contribution in [-0.4, -0.2) is 40.4 Å². The summed E-state index contributed by atoms with van der Waals surface area (Å²) in [6.07, 6.45) is 7.34. The number of nitrogens with zero attached hydrogens (tertiary/aromatic N) is 3. The largest absolute Gasteiger partial charge is 0.475 e. The Labute approximate surface area is 121 Å². The fourth-order valence-electron chi connectivity index (χ4n) is 2.13. The zero-order valence-corrected chi connectivity index (χ0v) is 12.6. The molecule has 0 N–H and O–H groups in total. The van der Waals surface area contributed by atoms with E-state index in [-0.39, 0.29) is 0 Å². The van der Waals surface area contributed by atoms with Crippen molar-refractivity contribution in [2.24, 2.45) is 0 Å². The van der Waals surface area contributed by atoms with Crippen LogP contribution in [-0.2, 0) is 0 Å². The highest BCUT2D eigenvalue weighted by Crippen LogP contribution is 2.27. The van der Waals surface area contributed by atoms with Crippen molar-refractivity contribution < 1.29 is 6.11 Å². The number of unbranched alkanes of at least 4 members (excludes halogenated alkanes) is 2. The third-order valence-corrected chi connectivity index (χ3v) is 3.74. The van der Waals surface area contributed by atoms with Crippen molar-refractivity contribution >= 4 is 17.3 Å². The van der Waals surface area contributed by atoms with E-state index < -0.39 is 6.58 Å². The molecule has 0 spiro atoms. The summed E-state index contributed by atoms with van der Waals surface area (Å²) >= 11 is 1.16. The van der Waals surface area contributed by atoms with Crippen molar-refractivity contribution in [1.29, 1.82) is 0 Å². The summed E-state index contributed by atoms with van der Waals surface area (Å²) in [5.74, 6) is 0.535. The number of likely N-dealkylation sites (N-methyl/N-ethyl adjacent to an activating group) is 1. The summed E-state index contributed by atoms with van der Waals surface area (Å²) in [4.78, 5) is 2.26. The number of aromatic nitrogens is 2. The summed E-state index contributed by atoms with van der Waals surface area (Å²) < 4.78 is 22.2. The van der Waals surface area contributed by atoms with Crippen LogP contribution in [0.2, 0.25) is 0 Å². The minimum absolute atomic E-state index is 0.535. The highest BCUT2D eigenvalue weighted by Gasteiger charge is 2.18. The first-order chi connectivity index (χ1) is 9.70. The van der Waals surface area contributed by atoms with Crippen molar-refractivity contribution in [1.82, 2.24) is 13.6 Å². The summed E-state index contributed by atoms with van der Waals surface area (Å²) in [6.45, 7) is 3.58. The van der Waals surface area contributed by atoms with Crippen molar-refractivity contribution in [2.45, 2.75) is 39.0 Å². The van der Waals surface area contributed by atoms with Gasteiger partial charge in [0.25, 0.3) is 5.88 Å². The molecule has 1 aliphatic heterocycles. The zero-order chi connectivity index (χ0) is 14.4. The van der Waals surface area contributed by atoms with Crippen LogP contribution in [0.25, 0.3) is 5.57 Å². The lowest BCUT2D eigenvalue weighted by Crippen LogP contribution is -2.25. The fourth-order valence-corrected chi connectivity index (χ4v) is 2.66. The van der Waals surface area contributed by atoms with Gasteiger partial charge in [-0.25, -0.2) is 0 Å². The first kappa shape index (κ1) is 13.1. The second-order valence-electron chi connectivity index (χ2n) is 4.95. The van der Waals surface area contributed by atoms with Crippen molar-refractivity contribution in [3.63, 3.8) is 0 Å². The van der Waals surface area contributed by atoms with E-state index in [1.807, 2.05) is 0 Å². The van der Waals surface area contributed by atoms with Crippen LogP contribution in [0.15, 0.2) is 6.08 Å². The van der Waals surface area contributed by atoms with E-state index in [0.717, 1.165) is 62.6 Å². The van der Waals surface area contributed by atoms with Crippen LogP contribution in [0, 0.1) is 0 Å². The first-order valence-electron chi connectivity index (χ1n) is 7.58. The molecule has 1 aromatic rings. The number of hydrogen-bond acceptors (Lipinski definition) is 5. The normalized spacial score (nSPS) is 18.8. The highest BCUT2D eigenvalue weighted by molar-refractivity contribution is 6.99. The maximum atomic E-state index is 7.96. The lowest BCUT2D eigenvalue weighted by molar-refractivity contribution is 0.294. The van der Waals surface area contributed by atoms with Gasteiger partial charge in [-0.3, -0.25) is 0 Å². The summed E-state index contributed by atoms with van der Waals surface area (Å²) in [6, 6.07) is 0. The smallest absolute Gasteiger partial charge is 0.253 e. The van der Waals surface area contributed by atoms with E-state index in [9.17, 15) is 0 Å². The molecule has 4 nitrogen and oxygen atoms in total. The second kappa shape index (κ2) is 7.60. The molecule has 0 saturated heterocycles. The Hall–Kier alpha value is -0.940. The van der Waals surface area contributed by atoms with Crippen molar-refractivity contribution in [3.05, 3.63) is 11.8 Å². The summed E-state index contributed by atoms with van der Waals surface area (Å²) in [7, 11) is 2.10. The SMILES string of the molecule is [2H]C(CCCCC)Oc1nsnc1C1=CCCN(C)C1. The third kappa shape index (κ3) is 4.28. The number of rotatable bonds is 7. The molecule has 0 radical (unpaired) electrons. The van der Waals surface area contributed by atoms with Gasteiger partial charge in [-0.2, -0.15) is 4.37 Å². The molecular formula is C14H23N3OS. The molecule has 19 heavy (non-hydrogen) atoms. The average Bonchev–Trinajstić information content (AvgIpc) is 2.87. The highest BCUT2D eigenvalue weighted by atomic mass is 32.1. The maximum Gasteiger partial charge on any atom is 0.253 e. The van der Waals surface area contributed by atoms with Gasteiger partial charge >= 0.3 is 0 Å². The molecule has 1 aliphatic rings. The average molecular weight is 282 g/mol. The van der Waals surface area contributed by atoms with Gasteiger partial charge in [-0.15, -0.1) is 4.37 Å². The Bertz CT molecular complexity index is 449. The van der Waals surface area contributed by atoms with Gasteiger partial charge in [0.2, 0.25) is 0 Å². The van der Waals surface area contributed by atoms with Gasteiger partial charge < -0.3 is 9.64 Å². The molecule has 0 saturated carbocycles. The van der Waals surface area contributed by atoms with Gasteiger partial charge in [-0.1, -0.05) is 32.3 Å². The fraction of sp³-hybridized carbons (Fsp3) is 0.714. The molecule has 0 fully saturated rings. The Morgan fingerprint density at radius 3 is 3.11 bits per heavy atom. The molecule has 5 heteroatoms. The van der Waals surface area contributed by atoms with Gasteiger partial charge in [0.1, 0.15) is 5.69 Å². The molecule has 0 amide bonds. The summed E-state index contributed by atoms with van der Waals surface area (Å²) in [5.41, 5.74) is 2.00. The molecule has 1 unspecified atom stereocenters. The second-order valence-corrected chi connectivity index (χ2v) is 5.48. The number of hydrogen-bond donors (Lipinski definition) is 0. The van der Waals surface area contributed by atoms with E-state index in [1.165, 1.54) is 5.57 Å². The quantitative estimate of drug-likeness (QED) is 0.720. The Balaban J connectivity index is 1.96. The van der Waals surface area contributed by atoms with E-state index in [2.05, 4.69) is 33.7 Å². The molecular weight excluding hydrogens is 258 g/mol. The van der Waals surface area contributed by atoms with Crippen LogP contribution >= 0.6 is 11.7 Å². The van der Waals surface area contributed by atoms with Crippen molar-refractivity contribution in [2.75, 3.05) is 26.7 Å². The van der Waals surface area contributed by atoms with Gasteiger partial charge in [0, 0.05) is 13.1 Å². The molecule has 0 aliphatic carbocycles. The minimum atomic E-state index is -0.536. The third-order valence-electron chi connectivity index (χ3n) is 3.22. The van der Waals surface area contributed by atoms with Crippen molar-refractivity contribution in [3.8, 4) is 5.88 Å². The zero-order valence-electron chi connectivity index (χ0n) is 12.8. The molecule has 1 aromatic heterocycles. The van der Waals surface area contributed by atoms with Gasteiger partial charge in [0.05, 0.1) is 19.7 Å². The number of ether oxygens (including phenoxy) is 1. The molecule has 0 bridgehead atoms. The van der Waals surface area contributed by atoms with Crippen LogP contribution in [0.1, 0.15) is 46.1 Å². The van der Waals surface area contributed by atoms with Gasteiger partial charge in [0.15, 0.2) is 0 Å². The minimum Gasteiger partial charge on any atom is -0.475 e. The molecule has 1 atom stereocenters. The van der Waals surface area contributed by atoms with E-state index in [4.69, 9.17) is 6.11 Å². The standard InChI is InChI=1S/C14H23N3OS/c1-3-4-5-6-10-18-14-13(15-19-16-14)12-8-7-9-17(2)11-12/h8H,3-7,9-11H2,1-2H3/i10D. The molecule has 0 aromatic carbocycles. The lowest BCUT2D eigenvalue weighted by atomic mass is 10.1. The van der Waals surface area contributed by atoms with Crippen LogP contribution < -0.4 is 4.74 Å². The molecule has 2 rings (SSSR count). The topological polar surface area (TPSA) is 38.3 Å². The van der Waals surface area contributed by atoms with Crippen LogP contribution in [0.3, 0.4) is 0 Å². The first-order valence-corrected chi connectivity index (χ1v) is 7.73. The van der Waals surface area contributed by atoms with E-state index >= 15 is 0 Å². The Kier molecular flexibility index (Phi) is 5.23. The lowest BCUT2D eigenvalue weighted by Gasteiger charge is -2.22. The van der Waals surface area contributed by atoms with E-state index in [1.54, 1.807) is 0 Å².